The van der Waals surface area contributed by atoms with E-state index >= 15 is 0 Å². The summed E-state index contributed by atoms with van der Waals surface area (Å²) in [4.78, 5) is 4.43. The van der Waals surface area contributed by atoms with Gasteiger partial charge in [-0.15, -0.1) is 0 Å². The van der Waals surface area contributed by atoms with E-state index in [-0.39, 0.29) is 6.04 Å². The zero-order chi connectivity index (χ0) is 11.4. The first-order valence-electron chi connectivity index (χ1n) is 5.89. The second kappa shape index (κ2) is 5.68. The maximum atomic E-state index is 5.27. The summed E-state index contributed by atoms with van der Waals surface area (Å²) in [5, 5.41) is 7.37. The highest BCUT2D eigenvalue weighted by Gasteiger charge is 2.22. The third kappa shape index (κ3) is 3.22. The maximum absolute atomic E-state index is 5.27. The van der Waals surface area contributed by atoms with Crippen LogP contribution in [0.25, 0.3) is 0 Å². The fourth-order valence-electron chi connectivity index (χ4n) is 1.75. The lowest BCUT2D eigenvalue weighted by molar-refractivity contribution is 0.342. The quantitative estimate of drug-likeness (QED) is 0.857. The lowest BCUT2D eigenvalue weighted by Gasteiger charge is -2.02. The first kappa shape index (κ1) is 11.9. The summed E-state index contributed by atoms with van der Waals surface area (Å²) in [7, 11) is 0. The Balaban J connectivity index is 1.82. The molecular weight excluding hydrogens is 222 g/mol. The van der Waals surface area contributed by atoms with Crippen molar-refractivity contribution in [3.8, 4) is 0 Å². The highest BCUT2D eigenvalue weighted by atomic mass is 32.2. The normalized spacial score (nSPS) is 20.8. The molecule has 1 unspecified atom stereocenters. The first-order valence-corrected chi connectivity index (χ1v) is 7.05. The van der Waals surface area contributed by atoms with E-state index in [4.69, 9.17) is 4.52 Å². The van der Waals surface area contributed by atoms with Crippen LogP contribution in [0.5, 0.6) is 0 Å². The molecule has 0 spiro atoms. The Hall–Kier alpha value is -0.550. The van der Waals surface area contributed by atoms with Crippen LogP contribution < -0.4 is 5.32 Å². The summed E-state index contributed by atoms with van der Waals surface area (Å²) in [5.74, 6) is 4.31. The summed E-state index contributed by atoms with van der Waals surface area (Å²) in [6, 6.07) is 0.288. The van der Waals surface area contributed by atoms with Gasteiger partial charge in [0, 0.05) is 0 Å². The zero-order valence-corrected chi connectivity index (χ0v) is 10.7. The van der Waals surface area contributed by atoms with E-state index in [0.29, 0.717) is 5.92 Å². The SMILES string of the molecule is CC(C)CSCc1noc(C2CCCN2)n1. The smallest absolute Gasteiger partial charge is 0.243 e. The predicted octanol–water partition coefficient (Wildman–Crippen LogP) is 2.38. The first-order chi connectivity index (χ1) is 7.75. The molecule has 1 aliphatic heterocycles. The van der Waals surface area contributed by atoms with E-state index in [1.165, 1.54) is 6.42 Å². The van der Waals surface area contributed by atoms with Crippen LogP contribution in [-0.4, -0.2) is 22.4 Å². The molecule has 2 heterocycles. The minimum Gasteiger partial charge on any atom is -0.338 e. The van der Waals surface area contributed by atoms with Crippen molar-refractivity contribution < 1.29 is 4.52 Å². The van der Waals surface area contributed by atoms with E-state index < -0.39 is 0 Å². The fraction of sp³-hybridized carbons (Fsp3) is 0.818. The van der Waals surface area contributed by atoms with Crippen LogP contribution in [0.1, 0.15) is 44.4 Å². The molecule has 1 fully saturated rings. The molecule has 0 saturated carbocycles. The summed E-state index contributed by atoms with van der Waals surface area (Å²) in [5.41, 5.74) is 0. The number of hydrogen-bond acceptors (Lipinski definition) is 5. The van der Waals surface area contributed by atoms with Crippen LogP contribution >= 0.6 is 11.8 Å². The molecule has 16 heavy (non-hydrogen) atoms. The lowest BCUT2D eigenvalue weighted by Crippen LogP contribution is -2.13. The predicted molar refractivity (Wildman–Crippen MR) is 65.3 cm³/mol. The van der Waals surface area contributed by atoms with Gasteiger partial charge in [-0.1, -0.05) is 19.0 Å². The van der Waals surface area contributed by atoms with E-state index in [0.717, 1.165) is 36.2 Å². The monoisotopic (exact) mass is 241 g/mol. The second-order valence-electron chi connectivity index (χ2n) is 4.61. The topological polar surface area (TPSA) is 51.0 Å². The number of aromatic nitrogens is 2. The van der Waals surface area contributed by atoms with Crippen molar-refractivity contribution in [3.63, 3.8) is 0 Å². The Kier molecular flexibility index (Phi) is 4.23. The maximum Gasteiger partial charge on any atom is 0.243 e. The van der Waals surface area contributed by atoms with Crippen molar-refractivity contribution in [2.75, 3.05) is 12.3 Å². The molecule has 90 valence electrons. The summed E-state index contributed by atoms with van der Waals surface area (Å²) < 4.78 is 5.27. The number of thioether (sulfide) groups is 1. The van der Waals surface area contributed by atoms with Gasteiger partial charge in [-0.25, -0.2) is 0 Å². The van der Waals surface area contributed by atoms with Gasteiger partial charge in [0.05, 0.1) is 11.8 Å². The zero-order valence-electron chi connectivity index (χ0n) is 9.90. The van der Waals surface area contributed by atoms with Crippen LogP contribution in [0.4, 0.5) is 0 Å². The molecule has 0 aliphatic carbocycles. The minimum atomic E-state index is 0.288. The molecule has 1 N–H and O–H groups in total. The summed E-state index contributed by atoms with van der Waals surface area (Å²) in [6.45, 7) is 5.50. The van der Waals surface area contributed by atoms with Crippen molar-refractivity contribution in [2.45, 2.75) is 38.5 Å². The van der Waals surface area contributed by atoms with Crippen molar-refractivity contribution in [2.24, 2.45) is 5.92 Å². The molecule has 0 amide bonds. The molecule has 0 radical (unpaired) electrons. The average molecular weight is 241 g/mol. The molecule has 5 heteroatoms. The fourth-order valence-corrected chi connectivity index (χ4v) is 2.64. The molecule has 2 rings (SSSR count). The van der Waals surface area contributed by atoms with Crippen LogP contribution in [0, 0.1) is 5.92 Å². The molecule has 1 aromatic heterocycles. The number of nitrogens with zero attached hydrogens (tertiary/aromatic N) is 2. The molecule has 1 atom stereocenters. The molecule has 1 aromatic rings. The van der Waals surface area contributed by atoms with Gasteiger partial charge in [-0.2, -0.15) is 16.7 Å². The third-order valence-electron chi connectivity index (χ3n) is 2.52. The average Bonchev–Trinajstić information content (AvgIpc) is 2.85. The van der Waals surface area contributed by atoms with E-state index in [1.807, 2.05) is 11.8 Å². The third-order valence-corrected chi connectivity index (χ3v) is 3.89. The standard InChI is InChI=1S/C11H19N3OS/c1-8(2)6-16-7-10-13-11(15-14-10)9-4-3-5-12-9/h8-9,12H,3-7H2,1-2H3. The van der Waals surface area contributed by atoms with Crippen molar-refractivity contribution in [3.05, 3.63) is 11.7 Å². The van der Waals surface area contributed by atoms with Crippen molar-refractivity contribution in [1.29, 1.82) is 0 Å². The van der Waals surface area contributed by atoms with E-state index in [9.17, 15) is 0 Å². The Labute approximate surface area is 101 Å². The molecule has 1 saturated heterocycles. The molecular formula is C11H19N3OS. The Morgan fingerprint density at radius 2 is 2.44 bits per heavy atom. The van der Waals surface area contributed by atoms with Gasteiger partial charge in [0.25, 0.3) is 0 Å². The van der Waals surface area contributed by atoms with Crippen molar-refractivity contribution >= 4 is 11.8 Å². The molecule has 4 nitrogen and oxygen atoms in total. The molecule has 1 aliphatic rings. The Morgan fingerprint density at radius 3 is 3.12 bits per heavy atom. The van der Waals surface area contributed by atoms with Crippen LogP contribution in [0.2, 0.25) is 0 Å². The van der Waals surface area contributed by atoms with Gasteiger partial charge >= 0.3 is 0 Å². The van der Waals surface area contributed by atoms with Gasteiger partial charge in [0.15, 0.2) is 5.82 Å². The largest absolute Gasteiger partial charge is 0.338 e. The lowest BCUT2D eigenvalue weighted by atomic mass is 10.2. The number of rotatable bonds is 5. The van der Waals surface area contributed by atoms with Gasteiger partial charge in [-0.3, -0.25) is 0 Å². The minimum absolute atomic E-state index is 0.288. The van der Waals surface area contributed by atoms with Crippen molar-refractivity contribution in [1.82, 2.24) is 15.5 Å². The van der Waals surface area contributed by atoms with Crippen LogP contribution in [0.15, 0.2) is 4.52 Å². The van der Waals surface area contributed by atoms with Gasteiger partial charge in [0.1, 0.15) is 0 Å². The van der Waals surface area contributed by atoms with Gasteiger partial charge < -0.3 is 9.84 Å². The summed E-state index contributed by atoms with van der Waals surface area (Å²) >= 11 is 1.86. The molecule has 0 aromatic carbocycles. The Bertz CT molecular complexity index is 321. The number of nitrogens with one attached hydrogen (secondary N) is 1. The van der Waals surface area contributed by atoms with Crippen LogP contribution in [-0.2, 0) is 5.75 Å². The van der Waals surface area contributed by atoms with Gasteiger partial charge in [0.2, 0.25) is 5.89 Å². The summed E-state index contributed by atoms with van der Waals surface area (Å²) in [6.07, 6.45) is 2.31. The second-order valence-corrected chi connectivity index (χ2v) is 5.64. The molecule has 0 bridgehead atoms. The van der Waals surface area contributed by atoms with E-state index in [2.05, 4.69) is 29.3 Å². The Morgan fingerprint density at radius 1 is 1.56 bits per heavy atom. The van der Waals surface area contributed by atoms with E-state index in [1.54, 1.807) is 0 Å². The highest BCUT2D eigenvalue weighted by molar-refractivity contribution is 7.98. The number of hydrogen-bond donors (Lipinski definition) is 1. The highest BCUT2D eigenvalue weighted by Crippen LogP contribution is 2.22. The van der Waals surface area contributed by atoms with Gasteiger partial charge in [-0.05, 0) is 31.1 Å². The van der Waals surface area contributed by atoms with Crippen LogP contribution in [0.3, 0.4) is 0 Å².